The molecule has 0 spiro atoms. The number of halogens is 3. The van der Waals surface area contributed by atoms with Crippen LogP contribution in [0.15, 0.2) is 59.7 Å². The van der Waals surface area contributed by atoms with Gasteiger partial charge in [0.2, 0.25) is 4.77 Å². The van der Waals surface area contributed by atoms with Gasteiger partial charge in [-0.2, -0.15) is 28.0 Å². The number of hydrogen-bond acceptors (Lipinski definition) is 3. The molecule has 1 atom stereocenters. The van der Waals surface area contributed by atoms with Gasteiger partial charge in [0.15, 0.2) is 5.82 Å². The maximum absolute atomic E-state index is 12.6. The summed E-state index contributed by atoms with van der Waals surface area (Å²) in [5.74, 6) is 0.857. The Hall–Kier alpha value is -2.74. The van der Waals surface area contributed by atoms with Crippen LogP contribution in [0.25, 0.3) is 0 Å². The van der Waals surface area contributed by atoms with Crippen molar-refractivity contribution < 1.29 is 13.2 Å². The van der Waals surface area contributed by atoms with Crippen LogP contribution in [0, 0.1) is 4.77 Å². The van der Waals surface area contributed by atoms with Crippen LogP contribution < -0.4 is 0 Å². The Labute approximate surface area is 159 Å². The third kappa shape index (κ3) is 4.71. The molecule has 0 saturated heterocycles. The standard InChI is InChI=1S/C19H17F3N4S/c1-13(15-5-3-2-4-6-15)11-17-24-25-18(27)26(17)23-12-14-7-9-16(10-8-14)19(20,21)22/h2-10,12-13H,11H2,1H3,(H,25,27)/b23-12+. The Balaban J connectivity index is 1.79. The summed E-state index contributed by atoms with van der Waals surface area (Å²) >= 11 is 5.21. The molecular weight excluding hydrogens is 373 g/mol. The van der Waals surface area contributed by atoms with Crippen molar-refractivity contribution in [2.75, 3.05) is 0 Å². The molecule has 0 radical (unpaired) electrons. The van der Waals surface area contributed by atoms with Crippen molar-refractivity contribution in [3.05, 3.63) is 81.9 Å². The quantitative estimate of drug-likeness (QED) is 0.481. The highest BCUT2D eigenvalue weighted by molar-refractivity contribution is 7.71. The van der Waals surface area contributed by atoms with Gasteiger partial charge in [0.1, 0.15) is 0 Å². The number of alkyl halides is 3. The summed E-state index contributed by atoms with van der Waals surface area (Å²) < 4.78 is 39.7. The van der Waals surface area contributed by atoms with Crippen molar-refractivity contribution in [2.45, 2.75) is 25.4 Å². The van der Waals surface area contributed by atoms with Gasteiger partial charge < -0.3 is 0 Å². The number of aromatic nitrogens is 3. The highest BCUT2D eigenvalue weighted by atomic mass is 32.1. The molecule has 0 aliphatic heterocycles. The maximum Gasteiger partial charge on any atom is 0.416 e. The number of hydrogen-bond donors (Lipinski definition) is 1. The SMILES string of the molecule is CC(Cc1n[nH]c(=S)n1/N=C/c1ccc(C(F)(F)F)cc1)c1ccccc1. The number of H-pyrrole nitrogens is 1. The van der Waals surface area contributed by atoms with Gasteiger partial charge in [0.05, 0.1) is 11.8 Å². The molecule has 3 rings (SSSR count). The van der Waals surface area contributed by atoms with Crippen LogP contribution in [0.1, 0.15) is 35.4 Å². The molecule has 3 aromatic rings. The summed E-state index contributed by atoms with van der Waals surface area (Å²) in [4.78, 5) is 0. The minimum Gasteiger partial charge on any atom is -0.250 e. The van der Waals surface area contributed by atoms with Crippen LogP contribution in [0.4, 0.5) is 13.2 Å². The van der Waals surface area contributed by atoms with Gasteiger partial charge in [-0.05, 0) is 41.4 Å². The van der Waals surface area contributed by atoms with E-state index in [0.29, 0.717) is 22.6 Å². The van der Waals surface area contributed by atoms with Gasteiger partial charge in [-0.1, -0.05) is 49.4 Å². The van der Waals surface area contributed by atoms with Crippen molar-refractivity contribution in [1.82, 2.24) is 14.9 Å². The average molecular weight is 390 g/mol. The first-order valence-electron chi connectivity index (χ1n) is 8.27. The molecule has 2 aromatic carbocycles. The fourth-order valence-corrected chi connectivity index (χ4v) is 2.83. The number of aromatic amines is 1. The second-order valence-electron chi connectivity index (χ2n) is 6.14. The zero-order valence-electron chi connectivity index (χ0n) is 14.4. The van der Waals surface area contributed by atoms with E-state index in [2.05, 4.69) is 22.2 Å². The molecule has 0 aliphatic carbocycles. The van der Waals surface area contributed by atoms with Gasteiger partial charge in [-0.3, -0.25) is 5.10 Å². The van der Waals surface area contributed by atoms with Crippen LogP contribution in [-0.4, -0.2) is 21.1 Å². The van der Waals surface area contributed by atoms with E-state index < -0.39 is 11.7 Å². The van der Waals surface area contributed by atoms with Gasteiger partial charge in [-0.15, -0.1) is 0 Å². The summed E-state index contributed by atoms with van der Waals surface area (Å²) in [7, 11) is 0. The van der Waals surface area contributed by atoms with E-state index in [-0.39, 0.29) is 5.92 Å². The van der Waals surface area contributed by atoms with E-state index in [4.69, 9.17) is 12.2 Å². The summed E-state index contributed by atoms with van der Waals surface area (Å²) in [5, 5.41) is 11.2. The third-order valence-corrected chi connectivity index (χ3v) is 4.40. The summed E-state index contributed by atoms with van der Waals surface area (Å²) in [5.41, 5.74) is 1.01. The molecule has 0 fully saturated rings. The second kappa shape index (κ2) is 7.87. The highest BCUT2D eigenvalue weighted by Gasteiger charge is 2.29. The molecule has 0 amide bonds. The van der Waals surface area contributed by atoms with Gasteiger partial charge in [0.25, 0.3) is 0 Å². The molecule has 1 aromatic heterocycles. The Morgan fingerprint density at radius 1 is 1.15 bits per heavy atom. The van der Waals surface area contributed by atoms with E-state index in [9.17, 15) is 13.2 Å². The zero-order valence-corrected chi connectivity index (χ0v) is 15.3. The fourth-order valence-electron chi connectivity index (χ4n) is 2.63. The number of nitrogens with zero attached hydrogens (tertiary/aromatic N) is 3. The first-order valence-corrected chi connectivity index (χ1v) is 8.68. The highest BCUT2D eigenvalue weighted by Crippen LogP contribution is 2.28. The molecule has 1 unspecified atom stereocenters. The number of nitrogens with one attached hydrogen (secondary N) is 1. The van der Waals surface area contributed by atoms with Crippen molar-refractivity contribution in [2.24, 2.45) is 5.10 Å². The lowest BCUT2D eigenvalue weighted by molar-refractivity contribution is -0.137. The average Bonchev–Trinajstić information content (AvgIpc) is 3.00. The monoisotopic (exact) mass is 390 g/mol. The predicted molar refractivity (Wildman–Crippen MR) is 100 cm³/mol. The molecule has 1 heterocycles. The van der Waals surface area contributed by atoms with Crippen LogP contribution >= 0.6 is 12.2 Å². The molecule has 8 heteroatoms. The van der Waals surface area contributed by atoms with Crippen LogP contribution in [0.5, 0.6) is 0 Å². The predicted octanol–water partition coefficient (Wildman–Crippen LogP) is 5.19. The summed E-state index contributed by atoms with van der Waals surface area (Å²) in [6.45, 7) is 2.08. The summed E-state index contributed by atoms with van der Waals surface area (Å²) in [6.07, 6.45) is -2.28. The fraction of sp³-hybridized carbons (Fsp3) is 0.211. The Kier molecular flexibility index (Phi) is 5.55. The van der Waals surface area contributed by atoms with E-state index in [1.54, 1.807) is 0 Å². The minimum absolute atomic E-state index is 0.205. The topological polar surface area (TPSA) is 46.0 Å². The van der Waals surface area contributed by atoms with E-state index >= 15 is 0 Å². The van der Waals surface area contributed by atoms with Crippen molar-refractivity contribution in [1.29, 1.82) is 0 Å². The van der Waals surface area contributed by atoms with Crippen molar-refractivity contribution >= 4 is 18.4 Å². The van der Waals surface area contributed by atoms with E-state index in [1.807, 2.05) is 30.3 Å². The molecule has 0 aliphatic rings. The van der Waals surface area contributed by atoms with Crippen molar-refractivity contribution in [3.63, 3.8) is 0 Å². The lowest BCUT2D eigenvalue weighted by atomic mass is 9.98. The van der Waals surface area contributed by atoms with Crippen LogP contribution in [0.3, 0.4) is 0 Å². The number of rotatable bonds is 5. The normalized spacial score (nSPS) is 13.2. The molecule has 27 heavy (non-hydrogen) atoms. The smallest absolute Gasteiger partial charge is 0.250 e. The molecular formula is C19H17F3N4S. The van der Waals surface area contributed by atoms with Crippen molar-refractivity contribution in [3.8, 4) is 0 Å². The van der Waals surface area contributed by atoms with Crippen LogP contribution in [0.2, 0.25) is 0 Å². The lowest BCUT2D eigenvalue weighted by Gasteiger charge is -2.10. The van der Waals surface area contributed by atoms with Gasteiger partial charge >= 0.3 is 6.18 Å². The largest absolute Gasteiger partial charge is 0.416 e. The molecule has 0 saturated carbocycles. The van der Waals surface area contributed by atoms with E-state index in [0.717, 1.165) is 12.1 Å². The molecule has 1 N–H and O–H groups in total. The van der Waals surface area contributed by atoms with E-state index in [1.165, 1.54) is 28.6 Å². The Bertz CT molecular complexity index is 973. The minimum atomic E-state index is -4.36. The first-order chi connectivity index (χ1) is 12.8. The summed E-state index contributed by atoms with van der Waals surface area (Å²) in [6, 6.07) is 14.8. The third-order valence-electron chi connectivity index (χ3n) is 4.14. The Morgan fingerprint density at radius 2 is 1.81 bits per heavy atom. The number of benzene rings is 2. The second-order valence-corrected chi connectivity index (χ2v) is 6.52. The molecule has 4 nitrogen and oxygen atoms in total. The molecule has 0 bridgehead atoms. The molecule has 140 valence electrons. The van der Waals surface area contributed by atoms with Gasteiger partial charge in [-0.25, -0.2) is 0 Å². The van der Waals surface area contributed by atoms with Gasteiger partial charge in [0, 0.05) is 6.42 Å². The zero-order chi connectivity index (χ0) is 19.4. The van der Waals surface area contributed by atoms with Crippen LogP contribution in [-0.2, 0) is 12.6 Å². The first kappa shape index (κ1) is 19.0. The lowest BCUT2D eigenvalue weighted by Crippen LogP contribution is -2.06. The Morgan fingerprint density at radius 3 is 2.44 bits per heavy atom. The maximum atomic E-state index is 12.6.